The van der Waals surface area contributed by atoms with E-state index in [1.807, 2.05) is 4.90 Å². The summed E-state index contributed by atoms with van der Waals surface area (Å²) in [6, 6.07) is 11.9. The van der Waals surface area contributed by atoms with Crippen LogP contribution in [-0.4, -0.2) is 53.1 Å². The van der Waals surface area contributed by atoms with Gasteiger partial charge in [0.25, 0.3) is 11.8 Å². The number of aromatic nitrogens is 2. The summed E-state index contributed by atoms with van der Waals surface area (Å²) in [5.74, 6) is -1.23. The van der Waals surface area contributed by atoms with E-state index in [0.29, 0.717) is 30.2 Å². The van der Waals surface area contributed by atoms with Crippen LogP contribution < -0.4 is 10.2 Å². The fourth-order valence-corrected chi connectivity index (χ4v) is 3.84. The molecule has 0 atom stereocenters. The molecule has 1 N–H and O–H groups in total. The molecule has 1 aromatic heterocycles. The number of aryl methyl sites for hydroxylation is 1. The zero-order chi connectivity index (χ0) is 25.2. The summed E-state index contributed by atoms with van der Waals surface area (Å²) in [5.41, 5.74) is -0.349. The Bertz CT molecular complexity index is 1220. The van der Waals surface area contributed by atoms with Crippen LogP contribution in [0.1, 0.15) is 32.0 Å². The van der Waals surface area contributed by atoms with Gasteiger partial charge in [0.1, 0.15) is 5.82 Å². The molecule has 2 heterocycles. The van der Waals surface area contributed by atoms with E-state index in [9.17, 15) is 27.2 Å². The Morgan fingerprint density at radius 3 is 2.29 bits per heavy atom. The molecule has 0 saturated carbocycles. The van der Waals surface area contributed by atoms with E-state index in [0.717, 1.165) is 6.07 Å². The van der Waals surface area contributed by atoms with E-state index >= 15 is 0 Å². The van der Waals surface area contributed by atoms with Crippen molar-refractivity contribution in [2.45, 2.75) is 13.1 Å². The molecule has 0 aliphatic carbocycles. The van der Waals surface area contributed by atoms with Crippen molar-refractivity contribution < 1.29 is 27.2 Å². The lowest BCUT2D eigenvalue weighted by Gasteiger charge is -2.35. The predicted octanol–water partition coefficient (Wildman–Crippen LogP) is 4.16. The number of benzene rings is 2. The van der Waals surface area contributed by atoms with Crippen LogP contribution in [0, 0.1) is 12.7 Å². The number of anilines is 2. The first-order valence-electron chi connectivity index (χ1n) is 10.7. The van der Waals surface area contributed by atoms with Crippen molar-refractivity contribution in [3.8, 4) is 0 Å². The number of nitrogens with zero attached hydrogens (tertiary/aromatic N) is 4. The number of carbonyl (C=O) groups excluding carboxylic acids is 2. The maximum absolute atomic E-state index is 13.5. The van der Waals surface area contributed by atoms with Crippen molar-refractivity contribution in [2.24, 2.45) is 0 Å². The average Bonchev–Trinajstić information content (AvgIpc) is 2.82. The van der Waals surface area contributed by atoms with Crippen molar-refractivity contribution in [1.82, 2.24) is 15.1 Å². The molecule has 4 rings (SSSR count). The van der Waals surface area contributed by atoms with Gasteiger partial charge in [-0.2, -0.15) is 13.2 Å². The van der Waals surface area contributed by atoms with Gasteiger partial charge in [-0.3, -0.25) is 9.59 Å². The normalized spacial score (nSPS) is 14.1. The summed E-state index contributed by atoms with van der Waals surface area (Å²) in [5, 5.41) is 10.6. The minimum atomic E-state index is -4.62. The van der Waals surface area contributed by atoms with Crippen molar-refractivity contribution >= 4 is 23.3 Å². The second kappa shape index (κ2) is 9.69. The lowest BCUT2D eigenvalue weighted by molar-refractivity contribution is -0.138. The number of halogens is 4. The second-order valence-electron chi connectivity index (χ2n) is 8.07. The SMILES string of the molecule is Cc1cc(F)cc(NC(=O)c2ccc(N3CCN(C(=O)c4ccccc4C(F)(F)F)CC3)nn2)c1. The molecule has 7 nitrogen and oxygen atoms in total. The predicted molar refractivity (Wildman–Crippen MR) is 121 cm³/mol. The quantitative estimate of drug-likeness (QED) is 0.560. The molecular weight excluding hydrogens is 466 g/mol. The van der Waals surface area contributed by atoms with Gasteiger partial charge in [-0.05, 0) is 55.0 Å². The summed E-state index contributed by atoms with van der Waals surface area (Å²) in [7, 11) is 0. The monoisotopic (exact) mass is 487 g/mol. The van der Waals surface area contributed by atoms with Crippen molar-refractivity contribution in [3.05, 3.63) is 82.8 Å². The molecule has 1 saturated heterocycles. The lowest BCUT2D eigenvalue weighted by Crippen LogP contribution is -2.49. The van der Waals surface area contributed by atoms with Crippen molar-refractivity contribution in [1.29, 1.82) is 0 Å². The third kappa shape index (κ3) is 5.56. The Labute approximate surface area is 198 Å². The number of nitrogens with one attached hydrogen (secondary N) is 1. The first-order chi connectivity index (χ1) is 16.6. The van der Waals surface area contributed by atoms with Crippen LogP contribution in [0.25, 0.3) is 0 Å². The van der Waals surface area contributed by atoms with Gasteiger partial charge in [0.15, 0.2) is 11.5 Å². The molecule has 0 unspecified atom stereocenters. The molecule has 2 amide bonds. The highest BCUT2D eigenvalue weighted by Gasteiger charge is 2.36. The van der Waals surface area contributed by atoms with Crippen LogP contribution in [0.2, 0.25) is 0 Å². The highest BCUT2D eigenvalue weighted by Crippen LogP contribution is 2.32. The molecule has 35 heavy (non-hydrogen) atoms. The molecule has 11 heteroatoms. The number of rotatable bonds is 4. The molecule has 182 valence electrons. The molecule has 3 aromatic rings. The van der Waals surface area contributed by atoms with Crippen LogP contribution in [-0.2, 0) is 6.18 Å². The third-order valence-corrected chi connectivity index (χ3v) is 5.54. The zero-order valence-corrected chi connectivity index (χ0v) is 18.6. The zero-order valence-electron chi connectivity index (χ0n) is 18.6. The molecule has 2 aromatic carbocycles. The van der Waals surface area contributed by atoms with Gasteiger partial charge >= 0.3 is 6.18 Å². The second-order valence-corrected chi connectivity index (χ2v) is 8.07. The van der Waals surface area contributed by atoms with Crippen molar-refractivity contribution in [2.75, 3.05) is 36.4 Å². The van der Waals surface area contributed by atoms with Gasteiger partial charge in [0.05, 0.1) is 11.1 Å². The highest BCUT2D eigenvalue weighted by molar-refractivity contribution is 6.02. The third-order valence-electron chi connectivity index (χ3n) is 5.54. The van der Waals surface area contributed by atoms with Gasteiger partial charge in [-0.15, -0.1) is 10.2 Å². The Balaban J connectivity index is 1.38. The topological polar surface area (TPSA) is 78.4 Å². The summed E-state index contributed by atoms with van der Waals surface area (Å²) in [6.45, 7) is 2.78. The molecule has 0 spiro atoms. The molecule has 0 radical (unpaired) electrons. The summed E-state index contributed by atoms with van der Waals surface area (Å²) >= 11 is 0. The van der Waals surface area contributed by atoms with Gasteiger partial charge in [-0.25, -0.2) is 4.39 Å². The number of carbonyl (C=O) groups is 2. The molecule has 1 aliphatic rings. The summed E-state index contributed by atoms with van der Waals surface area (Å²) in [6.07, 6.45) is -4.62. The Morgan fingerprint density at radius 2 is 1.66 bits per heavy atom. The maximum atomic E-state index is 13.5. The average molecular weight is 487 g/mol. The molecule has 1 aliphatic heterocycles. The van der Waals surface area contributed by atoms with E-state index in [2.05, 4.69) is 15.5 Å². The van der Waals surface area contributed by atoms with Crippen LogP contribution in [0.15, 0.2) is 54.6 Å². The van der Waals surface area contributed by atoms with E-state index in [-0.39, 0.29) is 24.3 Å². The first-order valence-corrected chi connectivity index (χ1v) is 10.7. The van der Waals surface area contributed by atoms with Crippen LogP contribution in [0.3, 0.4) is 0 Å². The summed E-state index contributed by atoms with van der Waals surface area (Å²) in [4.78, 5) is 28.3. The van der Waals surface area contributed by atoms with Gasteiger partial charge in [0, 0.05) is 31.9 Å². The Kier molecular flexibility index (Phi) is 6.68. The Morgan fingerprint density at radius 1 is 0.943 bits per heavy atom. The minimum Gasteiger partial charge on any atom is -0.352 e. The molecular formula is C24H21F4N5O2. The van der Waals surface area contributed by atoms with Gasteiger partial charge in [-0.1, -0.05) is 12.1 Å². The number of piperazine rings is 1. The van der Waals surface area contributed by atoms with E-state index in [1.165, 1.54) is 41.3 Å². The lowest BCUT2D eigenvalue weighted by atomic mass is 10.1. The maximum Gasteiger partial charge on any atom is 0.417 e. The minimum absolute atomic E-state index is 0.0354. The first kappa shape index (κ1) is 24.1. The van der Waals surface area contributed by atoms with Crippen LogP contribution in [0.4, 0.5) is 29.1 Å². The number of hydrogen-bond acceptors (Lipinski definition) is 5. The van der Waals surface area contributed by atoms with Crippen LogP contribution in [0.5, 0.6) is 0 Å². The highest BCUT2D eigenvalue weighted by atomic mass is 19.4. The van der Waals surface area contributed by atoms with Gasteiger partial charge < -0.3 is 15.1 Å². The molecule has 1 fully saturated rings. The van der Waals surface area contributed by atoms with Crippen LogP contribution >= 0.6 is 0 Å². The smallest absolute Gasteiger partial charge is 0.352 e. The largest absolute Gasteiger partial charge is 0.417 e. The van der Waals surface area contributed by atoms with E-state index in [1.54, 1.807) is 19.1 Å². The summed E-state index contributed by atoms with van der Waals surface area (Å²) < 4.78 is 53.3. The Hall–Kier alpha value is -4.02. The molecule has 0 bridgehead atoms. The number of hydrogen-bond donors (Lipinski definition) is 1. The van der Waals surface area contributed by atoms with Crippen molar-refractivity contribution in [3.63, 3.8) is 0 Å². The van der Waals surface area contributed by atoms with Gasteiger partial charge in [0.2, 0.25) is 0 Å². The van der Waals surface area contributed by atoms with E-state index in [4.69, 9.17) is 0 Å². The fourth-order valence-electron chi connectivity index (χ4n) is 3.84. The number of amides is 2. The van der Waals surface area contributed by atoms with E-state index < -0.39 is 29.4 Å². The standard InChI is InChI=1S/C24H21F4N5O2/c1-15-12-16(25)14-17(13-15)29-22(34)20-6-7-21(31-30-20)32-8-10-33(11-9-32)23(35)18-4-2-3-5-19(18)24(26,27)28/h2-7,12-14H,8-11H2,1H3,(H,29,34). The number of alkyl halides is 3. The fraction of sp³-hybridized carbons (Fsp3) is 0.250.